The van der Waals surface area contributed by atoms with Crippen molar-refractivity contribution in [1.82, 2.24) is 14.6 Å². The summed E-state index contributed by atoms with van der Waals surface area (Å²) in [5.41, 5.74) is 2.73. The molecular weight excluding hydrogens is 282 g/mol. The van der Waals surface area contributed by atoms with Crippen molar-refractivity contribution in [1.29, 1.82) is 0 Å². The molecular formula is C16H21N3O3. The highest BCUT2D eigenvalue weighted by molar-refractivity contribution is 5.97. The molecule has 1 N–H and O–H groups in total. The molecule has 0 atom stereocenters. The molecule has 1 aliphatic carbocycles. The molecule has 2 aromatic rings. The molecule has 2 heterocycles. The van der Waals surface area contributed by atoms with Gasteiger partial charge < -0.3 is 4.74 Å². The first-order valence-corrected chi connectivity index (χ1v) is 7.83. The van der Waals surface area contributed by atoms with Crippen LogP contribution in [0.15, 0.2) is 4.79 Å². The van der Waals surface area contributed by atoms with E-state index in [0.717, 1.165) is 36.9 Å². The first kappa shape index (κ1) is 14.8. The number of fused-ring (bicyclic) bond motifs is 1. The molecule has 22 heavy (non-hydrogen) atoms. The smallest absolute Gasteiger partial charge is 0.343 e. The predicted molar refractivity (Wildman–Crippen MR) is 82.5 cm³/mol. The Morgan fingerprint density at radius 3 is 2.68 bits per heavy atom. The predicted octanol–water partition coefficient (Wildman–Crippen LogP) is 2.47. The van der Waals surface area contributed by atoms with Gasteiger partial charge in [0.25, 0.3) is 5.56 Å². The van der Waals surface area contributed by atoms with Crippen LogP contribution in [0.3, 0.4) is 0 Å². The van der Waals surface area contributed by atoms with Crippen LogP contribution in [0.25, 0.3) is 5.65 Å². The normalized spacial score (nSPS) is 15.6. The lowest BCUT2D eigenvalue weighted by Crippen LogP contribution is -2.24. The van der Waals surface area contributed by atoms with Gasteiger partial charge in [0.2, 0.25) is 0 Å². The van der Waals surface area contributed by atoms with Gasteiger partial charge in [-0.15, -0.1) is 0 Å². The van der Waals surface area contributed by atoms with Crippen LogP contribution in [0.2, 0.25) is 0 Å². The molecule has 0 bridgehead atoms. The van der Waals surface area contributed by atoms with Crippen molar-refractivity contribution in [3.63, 3.8) is 0 Å². The number of H-pyrrole nitrogens is 1. The van der Waals surface area contributed by atoms with E-state index in [4.69, 9.17) is 4.74 Å². The zero-order chi connectivity index (χ0) is 15.9. The maximum Gasteiger partial charge on any atom is 0.343 e. The van der Waals surface area contributed by atoms with Crippen molar-refractivity contribution >= 4 is 11.6 Å². The second-order valence-corrected chi connectivity index (χ2v) is 5.89. The van der Waals surface area contributed by atoms with E-state index in [0.29, 0.717) is 23.5 Å². The van der Waals surface area contributed by atoms with Crippen molar-refractivity contribution < 1.29 is 9.53 Å². The molecule has 0 spiro atoms. The number of aryl methyl sites for hydroxylation is 2. The van der Waals surface area contributed by atoms with Crippen LogP contribution in [0.5, 0.6) is 0 Å². The molecule has 118 valence electrons. The van der Waals surface area contributed by atoms with Gasteiger partial charge in [0, 0.05) is 17.0 Å². The summed E-state index contributed by atoms with van der Waals surface area (Å²) >= 11 is 0. The number of carbonyl (C=O) groups excluding carboxylic acids is 1. The van der Waals surface area contributed by atoms with Gasteiger partial charge >= 0.3 is 5.97 Å². The Hall–Kier alpha value is -2.11. The van der Waals surface area contributed by atoms with Crippen LogP contribution in [0, 0.1) is 13.8 Å². The van der Waals surface area contributed by atoms with Gasteiger partial charge in [-0.1, -0.05) is 12.8 Å². The van der Waals surface area contributed by atoms with Gasteiger partial charge in [-0.25, -0.2) is 14.3 Å². The molecule has 3 rings (SSSR count). The number of hydrogen-bond acceptors (Lipinski definition) is 4. The Morgan fingerprint density at radius 1 is 1.36 bits per heavy atom. The summed E-state index contributed by atoms with van der Waals surface area (Å²) in [6.07, 6.45) is 4.39. The number of nitrogens with zero attached hydrogens (tertiary/aromatic N) is 2. The summed E-state index contributed by atoms with van der Waals surface area (Å²) < 4.78 is 6.46. The van der Waals surface area contributed by atoms with Crippen LogP contribution >= 0.6 is 0 Å². The van der Waals surface area contributed by atoms with Gasteiger partial charge in [-0.2, -0.15) is 0 Å². The van der Waals surface area contributed by atoms with E-state index in [1.165, 1.54) is 4.52 Å². The lowest BCUT2D eigenvalue weighted by Gasteiger charge is -2.11. The monoisotopic (exact) mass is 303 g/mol. The van der Waals surface area contributed by atoms with Crippen molar-refractivity contribution in [2.75, 3.05) is 6.61 Å². The largest absolute Gasteiger partial charge is 0.462 e. The lowest BCUT2D eigenvalue weighted by molar-refractivity contribution is 0.0527. The Labute approximate surface area is 128 Å². The number of nitrogens with one attached hydrogen (secondary N) is 1. The zero-order valence-corrected chi connectivity index (χ0v) is 13.2. The highest BCUT2D eigenvalue weighted by Crippen LogP contribution is 2.33. The minimum atomic E-state index is -0.446. The second-order valence-electron chi connectivity index (χ2n) is 5.89. The summed E-state index contributed by atoms with van der Waals surface area (Å²) in [5, 5.41) is 2.97. The van der Waals surface area contributed by atoms with Crippen molar-refractivity contribution in [2.24, 2.45) is 0 Å². The number of hydrogen-bond donors (Lipinski definition) is 1. The summed E-state index contributed by atoms with van der Waals surface area (Å²) in [6.45, 7) is 5.65. The molecule has 0 radical (unpaired) electrons. The minimum Gasteiger partial charge on any atom is -0.462 e. The first-order chi connectivity index (χ1) is 10.5. The van der Waals surface area contributed by atoms with E-state index >= 15 is 0 Å². The molecule has 0 saturated heterocycles. The first-order valence-electron chi connectivity index (χ1n) is 7.83. The van der Waals surface area contributed by atoms with E-state index in [-0.39, 0.29) is 11.5 Å². The third-order valence-corrected chi connectivity index (χ3v) is 4.43. The third kappa shape index (κ3) is 2.23. The van der Waals surface area contributed by atoms with E-state index in [1.54, 1.807) is 13.8 Å². The molecule has 1 aliphatic rings. The van der Waals surface area contributed by atoms with Crippen molar-refractivity contribution in [3.05, 3.63) is 32.9 Å². The molecule has 2 aromatic heterocycles. The average molecular weight is 303 g/mol. The van der Waals surface area contributed by atoms with Crippen LogP contribution in [-0.4, -0.2) is 27.2 Å². The van der Waals surface area contributed by atoms with Crippen LogP contribution in [0.1, 0.15) is 65.8 Å². The van der Waals surface area contributed by atoms with Gasteiger partial charge in [0.05, 0.1) is 6.61 Å². The van der Waals surface area contributed by atoms with Crippen LogP contribution < -0.4 is 5.56 Å². The number of esters is 1. The summed E-state index contributed by atoms with van der Waals surface area (Å²) in [7, 11) is 0. The number of carbonyl (C=O) groups is 1. The fraction of sp³-hybridized carbons (Fsp3) is 0.562. The van der Waals surface area contributed by atoms with Crippen molar-refractivity contribution in [3.8, 4) is 0 Å². The fourth-order valence-electron chi connectivity index (χ4n) is 3.44. The topological polar surface area (TPSA) is 76.5 Å². The molecule has 0 amide bonds. The van der Waals surface area contributed by atoms with Crippen LogP contribution in [-0.2, 0) is 4.74 Å². The van der Waals surface area contributed by atoms with Crippen molar-refractivity contribution in [2.45, 2.75) is 52.4 Å². The summed E-state index contributed by atoms with van der Waals surface area (Å²) in [5.74, 6) is -0.162. The number of rotatable bonds is 3. The average Bonchev–Trinajstić information content (AvgIpc) is 3.07. The SMILES string of the molecule is CCOC(=O)c1c(C)[nH]n2c(=O)c(C3CCCC3)c(C)nc12. The van der Waals surface area contributed by atoms with Gasteiger partial charge in [0.1, 0.15) is 5.56 Å². The van der Waals surface area contributed by atoms with Crippen LogP contribution in [0.4, 0.5) is 0 Å². The molecule has 1 fully saturated rings. The quantitative estimate of drug-likeness (QED) is 0.884. The standard InChI is InChI=1S/C16H21N3O3/c1-4-22-16(21)13-10(3)18-19-14(13)17-9(2)12(15(19)20)11-7-5-6-8-11/h11,18H,4-8H2,1-3H3. The fourth-order valence-corrected chi connectivity index (χ4v) is 3.44. The third-order valence-electron chi connectivity index (χ3n) is 4.43. The Morgan fingerprint density at radius 2 is 2.05 bits per heavy atom. The Balaban J connectivity index is 2.21. The number of ether oxygens (including phenoxy) is 1. The van der Waals surface area contributed by atoms with E-state index in [2.05, 4.69) is 10.1 Å². The van der Waals surface area contributed by atoms with E-state index < -0.39 is 5.97 Å². The highest BCUT2D eigenvalue weighted by atomic mass is 16.5. The van der Waals surface area contributed by atoms with E-state index in [9.17, 15) is 9.59 Å². The minimum absolute atomic E-state index is 0.0898. The molecule has 1 saturated carbocycles. The molecule has 0 aliphatic heterocycles. The van der Waals surface area contributed by atoms with Gasteiger partial charge in [0.15, 0.2) is 5.65 Å². The Bertz CT molecular complexity index is 782. The molecule has 6 heteroatoms. The number of aromatic amines is 1. The molecule has 6 nitrogen and oxygen atoms in total. The van der Waals surface area contributed by atoms with E-state index in [1.807, 2.05) is 6.92 Å². The zero-order valence-electron chi connectivity index (χ0n) is 13.2. The maximum atomic E-state index is 12.8. The highest BCUT2D eigenvalue weighted by Gasteiger charge is 2.27. The van der Waals surface area contributed by atoms with Gasteiger partial charge in [-0.05, 0) is 39.5 Å². The molecule has 0 aromatic carbocycles. The maximum absolute atomic E-state index is 12.8. The summed E-state index contributed by atoms with van der Waals surface area (Å²) in [4.78, 5) is 29.5. The number of aromatic nitrogens is 3. The Kier molecular flexibility index (Phi) is 3.76. The molecule has 0 unspecified atom stereocenters. The summed E-state index contributed by atoms with van der Waals surface area (Å²) in [6, 6.07) is 0. The lowest BCUT2D eigenvalue weighted by atomic mass is 9.97. The second kappa shape index (κ2) is 5.59. The van der Waals surface area contributed by atoms with Gasteiger partial charge in [-0.3, -0.25) is 9.89 Å².